The van der Waals surface area contributed by atoms with Crippen molar-refractivity contribution < 1.29 is 18.6 Å². The molecule has 0 spiro atoms. The minimum atomic E-state index is -1.58. The molecule has 0 radical (unpaired) electrons. The van der Waals surface area contributed by atoms with E-state index in [9.17, 15) is 14.0 Å². The second-order valence-corrected chi connectivity index (χ2v) is 4.69. The average Bonchev–Trinajstić information content (AvgIpc) is 2.75. The van der Waals surface area contributed by atoms with Gasteiger partial charge in [0.1, 0.15) is 12.2 Å². The first-order valence-corrected chi connectivity index (χ1v) is 6.39. The Bertz CT molecular complexity index is 601. The highest BCUT2D eigenvalue weighted by atomic mass is 19.1. The Morgan fingerprint density at radius 2 is 2.19 bits per heavy atom. The summed E-state index contributed by atoms with van der Waals surface area (Å²) in [7, 11) is 2.81. The van der Waals surface area contributed by atoms with E-state index in [1.807, 2.05) is 0 Å². The van der Waals surface area contributed by atoms with Gasteiger partial charge in [-0.3, -0.25) is 14.3 Å². The Hall–Kier alpha value is -1.55. The summed E-state index contributed by atoms with van der Waals surface area (Å²) < 4.78 is 30.9. The van der Waals surface area contributed by atoms with Crippen molar-refractivity contribution in [3.63, 3.8) is 0 Å². The summed E-state index contributed by atoms with van der Waals surface area (Å²) in [5.74, 6) is 0. The van der Waals surface area contributed by atoms with Crippen molar-refractivity contribution in [2.45, 2.75) is 31.2 Å². The number of halogens is 1. The standard InChI is InChI=1S/C12H18FN3O5/c1-19-5-7-9(20-2)8(13)11(21-7)16-4-6(3-14)10(17)15-12(16)18/h4,7-9,11H,3,5,14H2,1-2H3,(H,15,17,18)/t7-,8-,9-,11?/m1/s1. The fraction of sp³-hybridized carbons (Fsp3) is 0.667. The van der Waals surface area contributed by atoms with Crippen LogP contribution >= 0.6 is 0 Å². The number of hydrogen-bond donors (Lipinski definition) is 2. The van der Waals surface area contributed by atoms with Crippen LogP contribution in [-0.4, -0.2) is 48.8 Å². The first-order chi connectivity index (χ1) is 10.0. The van der Waals surface area contributed by atoms with Gasteiger partial charge in [0.05, 0.1) is 6.61 Å². The Morgan fingerprint density at radius 1 is 1.48 bits per heavy atom. The van der Waals surface area contributed by atoms with Gasteiger partial charge in [0.25, 0.3) is 5.56 Å². The summed E-state index contributed by atoms with van der Waals surface area (Å²) in [5, 5.41) is 0. The van der Waals surface area contributed by atoms with Crippen LogP contribution in [0.1, 0.15) is 11.8 Å². The van der Waals surface area contributed by atoms with Crippen LogP contribution in [0.5, 0.6) is 0 Å². The first kappa shape index (κ1) is 15.8. The number of aromatic nitrogens is 2. The number of nitrogens with zero attached hydrogens (tertiary/aromatic N) is 1. The largest absolute Gasteiger partial charge is 0.382 e. The summed E-state index contributed by atoms with van der Waals surface area (Å²) in [4.78, 5) is 25.4. The van der Waals surface area contributed by atoms with E-state index in [0.29, 0.717) is 0 Å². The van der Waals surface area contributed by atoms with Crippen LogP contribution in [-0.2, 0) is 20.8 Å². The normalized spacial score (nSPS) is 29.0. The lowest BCUT2D eigenvalue weighted by Crippen LogP contribution is -2.38. The van der Waals surface area contributed by atoms with Gasteiger partial charge in [0, 0.05) is 32.5 Å². The fourth-order valence-corrected chi connectivity index (χ4v) is 2.36. The number of rotatable bonds is 5. The Kier molecular flexibility index (Phi) is 4.88. The number of nitrogens with one attached hydrogen (secondary N) is 1. The number of ether oxygens (including phenoxy) is 3. The third-order valence-corrected chi connectivity index (χ3v) is 3.41. The van der Waals surface area contributed by atoms with E-state index in [4.69, 9.17) is 19.9 Å². The van der Waals surface area contributed by atoms with E-state index < -0.39 is 35.9 Å². The molecule has 0 amide bonds. The van der Waals surface area contributed by atoms with Crippen LogP contribution in [0.3, 0.4) is 0 Å². The Balaban J connectivity index is 2.38. The van der Waals surface area contributed by atoms with Crippen LogP contribution in [0, 0.1) is 0 Å². The van der Waals surface area contributed by atoms with Gasteiger partial charge in [-0.25, -0.2) is 9.18 Å². The van der Waals surface area contributed by atoms with E-state index in [-0.39, 0.29) is 18.7 Å². The maximum atomic E-state index is 14.4. The van der Waals surface area contributed by atoms with Gasteiger partial charge in [-0.05, 0) is 0 Å². The summed E-state index contributed by atoms with van der Waals surface area (Å²) >= 11 is 0. The maximum absolute atomic E-state index is 14.4. The van der Waals surface area contributed by atoms with Crippen LogP contribution in [0.4, 0.5) is 4.39 Å². The number of H-pyrrole nitrogens is 1. The zero-order valence-corrected chi connectivity index (χ0v) is 11.7. The molecule has 2 heterocycles. The molecule has 1 saturated heterocycles. The van der Waals surface area contributed by atoms with E-state index in [1.165, 1.54) is 20.4 Å². The number of hydrogen-bond acceptors (Lipinski definition) is 6. The predicted octanol–water partition coefficient (Wildman–Crippen LogP) is -1.11. The topological polar surface area (TPSA) is 109 Å². The monoisotopic (exact) mass is 303 g/mol. The van der Waals surface area contributed by atoms with Crippen molar-refractivity contribution in [3.8, 4) is 0 Å². The van der Waals surface area contributed by atoms with Crippen molar-refractivity contribution in [3.05, 3.63) is 32.6 Å². The third kappa shape index (κ3) is 2.91. The lowest BCUT2D eigenvalue weighted by molar-refractivity contribution is -0.0625. The van der Waals surface area contributed by atoms with E-state index in [1.54, 1.807) is 0 Å². The molecule has 3 N–H and O–H groups in total. The van der Waals surface area contributed by atoms with Gasteiger partial charge < -0.3 is 19.9 Å². The quantitative estimate of drug-likeness (QED) is 0.714. The smallest absolute Gasteiger partial charge is 0.330 e. The van der Waals surface area contributed by atoms with Gasteiger partial charge in [-0.2, -0.15) is 0 Å². The molecule has 1 unspecified atom stereocenters. The molecule has 0 aromatic carbocycles. The third-order valence-electron chi connectivity index (χ3n) is 3.41. The minimum Gasteiger partial charge on any atom is -0.382 e. The molecule has 1 aromatic rings. The summed E-state index contributed by atoms with van der Waals surface area (Å²) in [5.41, 5.74) is 4.22. The molecule has 8 nitrogen and oxygen atoms in total. The fourth-order valence-electron chi connectivity index (χ4n) is 2.36. The highest BCUT2D eigenvalue weighted by Gasteiger charge is 2.46. The first-order valence-electron chi connectivity index (χ1n) is 6.39. The van der Waals surface area contributed by atoms with E-state index in [2.05, 4.69) is 4.98 Å². The molecule has 2 rings (SSSR count). The van der Waals surface area contributed by atoms with Crippen molar-refractivity contribution in [2.24, 2.45) is 5.73 Å². The molecule has 1 aliphatic rings. The van der Waals surface area contributed by atoms with Crippen LogP contribution in [0.15, 0.2) is 15.8 Å². The molecule has 9 heteroatoms. The van der Waals surface area contributed by atoms with Crippen molar-refractivity contribution in [2.75, 3.05) is 20.8 Å². The van der Waals surface area contributed by atoms with Crippen molar-refractivity contribution in [1.29, 1.82) is 0 Å². The Labute approximate surface area is 119 Å². The maximum Gasteiger partial charge on any atom is 0.330 e. The molecule has 0 bridgehead atoms. The minimum absolute atomic E-state index is 0.0749. The molecule has 21 heavy (non-hydrogen) atoms. The molecule has 0 aliphatic carbocycles. The molecule has 118 valence electrons. The van der Waals surface area contributed by atoms with Crippen LogP contribution in [0.2, 0.25) is 0 Å². The van der Waals surface area contributed by atoms with Gasteiger partial charge in [0.15, 0.2) is 12.4 Å². The molecular weight excluding hydrogens is 285 g/mol. The van der Waals surface area contributed by atoms with Crippen LogP contribution < -0.4 is 17.0 Å². The molecule has 4 atom stereocenters. The molecule has 1 aliphatic heterocycles. The highest BCUT2D eigenvalue weighted by molar-refractivity contribution is 5.05. The van der Waals surface area contributed by atoms with E-state index in [0.717, 1.165) is 4.57 Å². The second kappa shape index (κ2) is 6.48. The molecular formula is C12H18FN3O5. The number of nitrogens with two attached hydrogens (primary N) is 1. The zero-order valence-electron chi connectivity index (χ0n) is 11.7. The van der Waals surface area contributed by atoms with Gasteiger partial charge >= 0.3 is 5.69 Å². The number of methoxy groups -OCH3 is 2. The zero-order chi connectivity index (χ0) is 15.6. The van der Waals surface area contributed by atoms with Gasteiger partial charge in [-0.1, -0.05) is 0 Å². The lowest BCUT2D eigenvalue weighted by atomic mass is 10.1. The van der Waals surface area contributed by atoms with Gasteiger partial charge in [0.2, 0.25) is 0 Å². The molecule has 0 saturated carbocycles. The SMILES string of the molecule is COC[C@H]1OC(n2cc(CN)c(=O)[nH]c2=O)[C@H](F)[C@@H]1OC. The highest BCUT2D eigenvalue weighted by Crippen LogP contribution is 2.32. The summed E-state index contributed by atoms with van der Waals surface area (Å²) in [6, 6.07) is 0. The molecule has 1 aromatic heterocycles. The van der Waals surface area contributed by atoms with Gasteiger partial charge in [-0.15, -0.1) is 0 Å². The predicted molar refractivity (Wildman–Crippen MR) is 70.7 cm³/mol. The summed E-state index contributed by atoms with van der Waals surface area (Å²) in [6.07, 6.45) is -3.09. The Morgan fingerprint density at radius 3 is 2.76 bits per heavy atom. The number of aromatic amines is 1. The molecule has 1 fully saturated rings. The van der Waals surface area contributed by atoms with Crippen molar-refractivity contribution in [1.82, 2.24) is 9.55 Å². The lowest BCUT2D eigenvalue weighted by Gasteiger charge is -2.17. The average molecular weight is 303 g/mol. The second-order valence-electron chi connectivity index (χ2n) is 4.69. The van der Waals surface area contributed by atoms with Crippen molar-refractivity contribution >= 4 is 0 Å². The van der Waals surface area contributed by atoms with E-state index >= 15 is 0 Å². The van der Waals surface area contributed by atoms with Crippen LogP contribution in [0.25, 0.3) is 0 Å². The number of alkyl halides is 1. The summed E-state index contributed by atoms with van der Waals surface area (Å²) in [6.45, 7) is 0.0474.